The van der Waals surface area contributed by atoms with Crippen molar-refractivity contribution in [3.05, 3.63) is 49.2 Å². The Morgan fingerprint density at radius 3 is 2.81 bits per heavy atom. The molecule has 0 saturated heterocycles. The van der Waals surface area contributed by atoms with Crippen LogP contribution in [0.5, 0.6) is 0 Å². The third-order valence-electron chi connectivity index (χ3n) is 3.01. The lowest BCUT2D eigenvalue weighted by atomic mass is 10.3. The van der Waals surface area contributed by atoms with Crippen molar-refractivity contribution >= 4 is 28.6 Å². The summed E-state index contributed by atoms with van der Waals surface area (Å²) in [5.74, 6) is 0.784. The van der Waals surface area contributed by atoms with Crippen LogP contribution in [0.1, 0.15) is 0 Å². The molecule has 0 spiro atoms. The third kappa shape index (κ3) is 2.62. The van der Waals surface area contributed by atoms with E-state index in [1.54, 1.807) is 12.3 Å². The molecule has 5 nitrogen and oxygen atoms in total. The Labute approximate surface area is 127 Å². The quantitative estimate of drug-likeness (QED) is 0.445. The highest BCUT2D eigenvalue weighted by Gasteiger charge is 2.13. The molecule has 0 aliphatic heterocycles. The van der Waals surface area contributed by atoms with Crippen LogP contribution in [0, 0.1) is 0 Å². The Bertz CT molecular complexity index is 766. The summed E-state index contributed by atoms with van der Waals surface area (Å²) in [6.45, 7) is 4.37. The van der Waals surface area contributed by atoms with E-state index in [0.717, 1.165) is 22.5 Å². The van der Waals surface area contributed by atoms with Gasteiger partial charge in [0.25, 0.3) is 0 Å². The van der Waals surface area contributed by atoms with Gasteiger partial charge in [-0.05, 0) is 18.4 Å². The predicted octanol–water partition coefficient (Wildman–Crippen LogP) is 3.14. The molecule has 0 aliphatic carbocycles. The van der Waals surface area contributed by atoms with E-state index in [0.29, 0.717) is 11.7 Å². The number of anilines is 1. The molecule has 0 saturated carbocycles. The lowest BCUT2D eigenvalue weighted by Gasteiger charge is -2.07. The molecule has 6 heteroatoms. The van der Waals surface area contributed by atoms with Gasteiger partial charge >= 0.3 is 0 Å². The summed E-state index contributed by atoms with van der Waals surface area (Å²) in [4.78, 5) is 9.09. The van der Waals surface area contributed by atoms with E-state index in [-0.39, 0.29) is 0 Å². The van der Waals surface area contributed by atoms with Gasteiger partial charge in [0.15, 0.2) is 10.8 Å². The zero-order valence-corrected chi connectivity index (χ0v) is 12.5. The van der Waals surface area contributed by atoms with Gasteiger partial charge in [-0.15, -0.1) is 6.58 Å². The minimum Gasteiger partial charge on any atom is -0.366 e. The van der Waals surface area contributed by atoms with E-state index in [1.807, 2.05) is 41.3 Å². The van der Waals surface area contributed by atoms with E-state index in [2.05, 4.69) is 27.0 Å². The van der Waals surface area contributed by atoms with Crippen LogP contribution >= 0.6 is 11.8 Å². The van der Waals surface area contributed by atoms with Gasteiger partial charge in [0, 0.05) is 6.54 Å². The van der Waals surface area contributed by atoms with Crippen molar-refractivity contribution in [1.82, 2.24) is 19.7 Å². The minimum absolute atomic E-state index is 0.649. The fraction of sp³-hybridized carbons (Fsp3) is 0.133. The van der Waals surface area contributed by atoms with Gasteiger partial charge in [-0.3, -0.25) is 0 Å². The van der Waals surface area contributed by atoms with Crippen molar-refractivity contribution in [1.29, 1.82) is 0 Å². The van der Waals surface area contributed by atoms with Gasteiger partial charge < -0.3 is 5.32 Å². The van der Waals surface area contributed by atoms with Crippen molar-refractivity contribution in [2.75, 3.05) is 18.1 Å². The number of rotatable bonds is 5. The van der Waals surface area contributed by atoms with Gasteiger partial charge in [-0.25, -0.2) is 14.6 Å². The largest absolute Gasteiger partial charge is 0.366 e. The molecule has 0 amide bonds. The Balaban J connectivity index is 2.18. The van der Waals surface area contributed by atoms with E-state index >= 15 is 0 Å². The highest BCUT2D eigenvalue weighted by atomic mass is 32.2. The van der Waals surface area contributed by atoms with Crippen molar-refractivity contribution in [3.8, 4) is 5.69 Å². The van der Waals surface area contributed by atoms with Crippen LogP contribution in [0.2, 0.25) is 0 Å². The summed E-state index contributed by atoms with van der Waals surface area (Å²) >= 11 is 1.51. The van der Waals surface area contributed by atoms with E-state index < -0.39 is 0 Å². The van der Waals surface area contributed by atoms with Gasteiger partial charge in [-0.2, -0.15) is 5.10 Å². The topological polar surface area (TPSA) is 55.6 Å². The first-order chi connectivity index (χ1) is 10.3. The first-order valence-electron chi connectivity index (χ1n) is 6.53. The minimum atomic E-state index is 0.649. The SMILES string of the molecule is C=CCNc1nc(SC)nc2c1cnn2-c1ccccc1. The highest BCUT2D eigenvalue weighted by Crippen LogP contribution is 2.25. The molecule has 1 N–H and O–H groups in total. The van der Waals surface area contributed by atoms with Gasteiger partial charge in [0.05, 0.1) is 17.3 Å². The molecule has 2 heterocycles. The zero-order valence-electron chi connectivity index (χ0n) is 11.7. The van der Waals surface area contributed by atoms with Crippen molar-refractivity contribution in [3.63, 3.8) is 0 Å². The van der Waals surface area contributed by atoms with Crippen molar-refractivity contribution in [2.24, 2.45) is 0 Å². The summed E-state index contributed by atoms with van der Waals surface area (Å²) in [6.07, 6.45) is 5.55. The maximum absolute atomic E-state index is 4.59. The van der Waals surface area contributed by atoms with Crippen LogP contribution in [0.15, 0.2) is 54.3 Å². The molecule has 3 rings (SSSR count). The summed E-state index contributed by atoms with van der Waals surface area (Å²) in [7, 11) is 0. The van der Waals surface area contributed by atoms with E-state index in [9.17, 15) is 0 Å². The number of aromatic nitrogens is 4. The fourth-order valence-electron chi connectivity index (χ4n) is 2.04. The number of fused-ring (bicyclic) bond motifs is 1. The molecule has 0 aliphatic rings. The second kappa shape index (κ2) is 5.97. The number of para-hydroxylation sites is 1. The van der Waals surface area contributed by atoms with Crippen LogP contribution in [0.4, 0.5) is 5.82 Å². The highest BCUT2D eigenvalue weighted by molar-refractivity contribution is 7.98. The summed E-state index contributed by atoms with van der Waals surface area (Å²) in [5, 5.41) is 9.31. The molecule has 21 heavy (non-hydrogen) atoms. The first-order valence-corrected chi connectivity index (χ1v) is 7.76. The smallest absolute Gasteiger partial charge is 0.191 e. The lowest BCUT2D eigenvalue weighted by molar-refractivity contribution is 0.877. The van der Waals surface area contributed by atoms with Crippen LogP contribution in [-0.2, 0) is 0 Å². The zero-order chi connectivity index (χ0) is 14.7. The number of thioether (sulfide) groups is 1. The Morgan fingerprint density at radius 2 is 2.10 bits per heavy atom. The molecule has 0 unspecified atom stereocenters. The molecule has 1 aromatic carbocycles. The summed E-state index contributed by atoms with van der Waals surface area (Å²) in [5.41, 5.74) is 1.78. The van der Waals surface area contributed by atoms with Crippen LogP contribution < -0.4 is 5.32 Å². The van der Waals surface area contributed by atoms with Crippen LogP contribution in [0.3, 0.4) is 0 Å². The number of hydrogen-bond donors (Lipinski definition) is 1. The molecule has 0 fully saturated rings. The van der Waals surface area contributed by atoms with Gasteiger partial charge in [0.1, 0.15) is 5.82 Å². The molecule has 0 bridgehead atoms. The average molecular weight is 297 g/mol. The van der Waals surface area contributed by atoms with Gasteiger partial charge in [0.2, 0.25) is 0 Å². The molecular weight excluding hydrogens is 282 g/mol. The molecule has 0 atom stereocenters. The van der Waals surface area contributed by atoms with Gasteiger partial charge in [-0.1, -0.05) is 36.0 Å². The first kappa shape index (κ1) is 13.6. The standard InChI is InChI=1S/C15H15N5S/c1-3-9-16-13-12-10-17-20(11-7-5-4-6-8-11)14(12)19-15(18-13)21-2/h3-8,10H,1,9H2,2H3,(H,16,18,19). The van der Waals surface area contributed by atoms with Crippen molar-refractivity contribution in [2.45, 2.75) is 5.16 Å². The number of hydrogen-bond acceptors (Lipinski definition) is 5. The predicted molar refractivity (Wildman–Crippen MR) is 87.1 cm³/mol. The van der Waals surface area contributed by atoms with E-state index in [1.165, 1.54) is 11.8 Å². The van der Waals surface area contributed by atoms with Crippen LogP contribution in [-0.4, -0.2) is 32.5 Å². The van der Waals surface area contributed by atoms with Crippen LogP contribution in [0.25, 0.3) is 16.7 Å². The maximum Gasteiger partial charge on any atom is 0.191 e. The summed E-state index contributed by atoms with van der Waals surface area (Å²) < 4.78 is 1.83. The lowest BCUT2D eigenvalue weighted by Crippen LogP contribution is -2.04. The molecule has 0 radical (unpaired) electrons. The monoisotopic (exact) mass is 297 g/mol. The second-order valence-electron chi connectivity index (χ2n) is 4.36. The number of nitrogens with zero attached hydrogens (tertiary/aromatic N) is 4. The Morgan fingerprint density at radius 1 is 1.29 bits per heavy atom. The second-order valence-corrected chi connectivity index (χ2v) is 5.13. The molecule has 106 valence electrons. The normalized spacial score (nSPS) is 10.7. The Kier molecular flexibility index (Phi) is 3.87. The number of benzene rings is 1. The maximum atomic E-state index is 4.59. The van der Waals surface area contributed by atoms with Crippen molar-refractivity contribution < 1.29 is 0 Å². The molecule has 2 aromatic heterocycles. The molecular formula is C15H15N5S. The number of nitrogens with one attached hydrogen (secondary N) is 1. The Hall–Kier alpha value is -2.34. The third-order valence-corrected chi connectivity index (χ3v) is 3.55. The fourth-order valence-corrected chi connectivity index (χ4v) is 2.40. The van der Waals surface area contributed by atoms with E-state index in [4.69, 9.17) is 0 Å². The average Bonchev–Trinajstić information content (AvgIpc) is 2.97. The summed E-state index contributed by atoms with van der Waals surface area (Å²) in [6, 6.07) is 9.95. The molecule has 3 aromatic rings.